The van der Waals surface area contributed by atoms with Crippen LogP contribution in [0.3, 0.4) is 0 Å². The van der Waals surface area contributed by atoms with Gasteiger partial charge in [0.1, 0.15) is 24.7 Å². The van der Waals surface area contributed by atoms with E-state index in [2.05, 4.69) is 13.8 Å². The van der Waals surface area contributed by atoms with Crippen LogP contribution < -0.4 is 41.3 Å². The van der Waals surface area contributed by atoms with Gasteiger partial charge in [-0.1, -0.05) is 153 Å². The fourth-order valence-corrected chi connectivity index (χ4v) is 12.4. The number of aromatic nitrogens is 1. The van der Waals surface area contributed by atoms with Gasteiger partial charge in [-0.2, -0.15) is 0 Å². The topological polar surface area (TPSA) is 65.5 Å². The summed E-state index contributed by atoms with van der Waals surface area (Å²) in [6, 6.07) is 56.4. The maximum atomic E-state index is 15.4. The molecule has 0 fully saturated rings. The lowest BCUT2D eigenvalue weighted by Gasteiger charge is -2.23. The van der Waals surface area contributed by atoms with Gasteiger partial charge in [0, 0.05) is 21.2 Å². The van der Waals surface area contributed by atoms with E-state index in [1.165, 1.54) is 0 Å². The second kappa shape index (κ2) is 16.7. The number of ether oxygens (including phenoxy) is 2. The molecule has 0 atom stereocenters. The molecule has 0 amide bonds. The van der Waals surface area contributed by atoms with Gasteiger partial charge in [0.05, 0.1) is 22.0 Å². The van der Waals surface area contributed by atoms with Gasteiger partial charge in [-0.25, -0.2) is 0 Å². The van der Waals surface area contributed by atoms with Crippen molar-refractivity contribution >= 4 is 46.1 Å². The van der Waals surface area contributed by atoms with Crippen molar-refractivity contribution in [2.75, 3.05) is 0 Å². The Morgan fingerprint density at radius 3 is 1.07 bits per heavy atom. The van der Waals surface area contributed by atoms with E-state index < -0.39 is 14.3 Å². The van der Waals surface area contributed by atoms with Crippen LogP contribution in [0.15, 0.2) is 176 Å². The number of pyridine rings is 1. The van der Waals surface area contributed by atoms with E-state index in [4.69, 9.17) is 14.5 Å². The summed E-state index contributed by atoms with van der Waals surface area (Å²) in [5.41, 5.74) is 3.57. The normalized spacial score (nSPS) is 11.6. The van der Waals surface area contributed by atoms with Crippen molar-refractivity contribution in [2.24, 2.45) is 0 Å². The molecule has 0 aliphatic heterocycles. The first kappa shape index (κ1) is 36.9. The Bertz CT molecular complexity index is 2170. The third-order valence-corrected chi connectivity index (χ3v) is 15.8. The van der Waals surface area contributed by atoms with E-state index in [9.17, 15) is 0 Å². The molecule has 0 bridgehead atoms. The molecule has 1 aromatic heterocycles. The highest BCUT2D eigenvalue weighted by Crippen LogP contribution is 2.46. The molecule has 0 unspecified atom stereocenters. The number of benzene rings is 6. The van der Waals surface area contributed by atoms with Crippen LogP contribution in [-0.2, 0) is 35.2 Å². The molecule has 7 rings (SSSR count). The average Bonchev–Trinajstić information content (AvgIpc) is 3.25. The fourth-order valence-electron chi connectivity index (χ4n) is 6.70. The summed E-state index contributed by atoms with van der Waals surface area (Å²) in [4.78, 5) is 4.90. The van der Waals surface area contributed by atoms with Crippen molar-refractivity contribution in [2.45, 2.75) is 39.9 Å². The summed E-state index contributed by atoms with van der Waals surface area (Å²) >= 11 is 0. The van der Waals surface area contributed by atoms with Crippen LogP contribution in [0, 0.1) is 0 Å². The monoisotopic (exact) mass is 747 g/mol. The molecular weight excluding hydrogens is 704 g/mol. The molecule has 6 aromatic carbocycles. The van der Waals surface area contributed by atoms with Crippen LogP contribution in [0.2, 0.25) is 0 Å². The van der Waals surface area contributed by atoms with Crippen LogP contribution in [0.25, 0.3) is 0 Å². The Kier molecular flexibility index (Phi) is 11.4. The fraction of sp³-hybridized carbons (Fsp3) is 0.128. The van der Waals surface area contributed by atoms with Gasteiger partial charge in [0.25, 0.3) is 0 Å². The molecule has 0 spiro atoms. The minimum atomic E-state index is -3.29. The van der Waals surface area contributed by atoms with Crippen LogP contribution >= 0.6 is 14.3 Å². The summed E-state index contributed by atoms with van der Waals surface area (Å²) < 4.78 is 43.8. The Hall–Kier alpha value is -5.47. The number of rotatable bonds is 14. The zero-order valence-corrected chi connectivity index (χ0v) is 32.3. The molecule has 0 saturated heterocycles. The van der Waals surface area contributed by atoms with Crippen LogP contribution in [0.5, 0.6) is 11.5 Å². The smallest absolute Gasteiger partial charge is 0.174 e. The van der Waals surface area contributed by atoms with Gasteiger partial charge in [-0.3, -0.25) is 4.98 Å². The van der Waals surface area contributed by atoms with Crippen molar-refractivity contribution in [3.05, 3.63) is 198 Å². The Labute approximate surface area is 318 Å². The largest absolute Gasteiger partial charge is 0.486 e. The van der Waals surface area contributed by atoms with E-state index >= 15 is 9.13 Å². The maximum Gasteiger partial charge on any atom is 0.174 e. The molecule has 270 valence electrons. The van der Waals surface area contributed by atoms with Gasteiger partial charge in [-0.05, 0) is 60.4 Å². The minimum Gasteiger partial charge on any atom is -0.486 e. The lowest BCUT2D eigenvalue weighted by Crippen LogP contribution is -2.27. The van der Waals surface area contributed by atoms with Crippen LogP contribution in [0.1, 0.15) is 36.4 Å². The van der Waals surface area contributed by atoms with Crippen LogP contribution in [-0.4, -0.2) is 4.98 Å². The van der Waals surface area contributed by atoms with E-state index in [1.807, 2.05) is 176 Å². The van der Waals surface area contributed by atoms with E-state index in [1.54, 1.807) is 0 Å². The van der Waals surface area contributed by atoms with Crippen molar-refractivity contribution in [1.82, 2.24) is 4.98 Å². The molecule has 0 N–H and O–H groups in total. The van der Waals surface area contributed by atoms with Gasteiger partial charge in [0.2, 0.25) is 0 Å². The first-order valence-corrected chi connectivity index (χ1v) is 21.7. The molecule has 1 heterocycles. The molecule has 54 heavy (non-hydrogen) atoms. The number of hydrogen-bond donors (Lipinski definition) is 0. The molecule has 7 heteroatoms. The molecule has 0 radical (unpaired) electrons. The van der Waals surface area contributed by atoms with Gasteiger partial charge < -0.3 is 18.6 Å². The molecular formula is C47H43NO4P2. The molecule has 0 aliphatic rings. The number of nitrogens with zero attached hydrogens (tertiary/aromatic N) is 1. The van der Waals surface area contributed by atoms with Gasteiger partial charge in [-0.15, -0.1) is 0 Å². The Balaban J connectivity index is 1.18. The summed E-state index contributed by atoms with van der Waals surface area (Å²) in [7, 11) is -6.57. The lowest BCUT2D eigenvalue weighted by molar-refractivity contribution is 0.292. The number of hydrogen-bond acceptors (Lipinski definition) is 5. The van der Waals surface area contributed by atoms with Crippen molar-refractivity contribution < 1.29 is 18.6 Å². The highest BCUT2D eigenvalue weighted by atomic mass is 31.2. The summed E-state index contributed by atoms with van der Waals surface area (Å²) in [5.74, 6) is 1.12. The number of aryl methyl sites for hydroxylation is 2. The van der Waals surface area contributed by atoms with Crippen molar-refractivity contribution in [3.63, 3.8) is 0 Å². The average molecular weight is 748 g/mol. The highest BCUT2D eigenvalue weighted by Gasteiger charge is 2.34. The summed E-state index contributed by atoms with van der Waals surface area (Å²) in [6.45, 7) is 4.53. The maximum absolute atomic E-state index is 15.4. The second-order valence-electron chi connectivity index (χ2n) is 13.1. The quantitative estimate of drug-likeness (QED) is 0.104. The molecule has 5 nitrogen and oxygen atoms in total. The van der Waals surface area contributed by atoms with Crippen molar-refractivity contribution in [1.29, 1.82) is 0 Å². The zero-order valence-electron chi connectivity index (χ0n) is 30.5. The van der Waals surface area contributed by atoms with E-state index in [-0.39, 0.29) is 13.2 Å². The molecule has 0 aliphatic carbocycles. The van der Waals surface area contributed by atoms with E-state index in [0.717, 1.165) is 45.2 Å². The Morgan fingerprint density at radius 1 is 0.426 bits per heavy atom. The Morgan fingerprint density at radius 2 is 0.759 bits per heavy atom. The predicted molar refractivity (Wildman–Crippen MR) is 223 cm³/mol. The highest BCUT2D eigenvalue weighted by molar-refractivity contribution is 7.86. The first-order valence-electron chi connectivity index (χ1n) is 18.3. The van der Waals surface area contributed by atoms with Crippen LogP contribution in [0.4, 0.5) is 0 Å². The van der Waals surface area contributed by atoms with Gasteiger partial charge in [0.15, 0.2) is 14.3 Å². The summed E-state index contributed by atoms with van der Waals surface area (Å²) in [6.07, 6.45) is 1.60. The minimum absolute atomic E-state index is 0.170. The standard InChI is InChI=1S/C47H43NO4P2/c1-3-36-28-30-44(46(32-36)53(49,40-20-9-5-10-21-40)41-22-11-6-12-23-41)51-34-38-18-17-19-39(48-38)35-52-45-31-29-37(4-2)33-47(45)54(50,42-24-13-7-14-25-42)43-26-15-8-16-27-43/h5-33H,3-4,34-35H2,1-2H3. The predicted octanol–water partition coefficient (Wildman–Crippen LogP) is 8.64. The molecule has 0 saturated carbocycles. The first-order chi connectivity index (χ1) is 26.4. The van der Waals surface area contributed by atoms with Gasteiger partial charge >= 0.3 is 0 Å². The summed E-state index contributed by atoms with van der Waals surface area (Å²) in [5, 5.41) is 4.35. The van der Waals surface area contributed by atoms with Crippen molar-refractivity contribution in [3.8, 4) is 11.5 Å². The molecule has 7 aromatic rings. The third kappa shape index (κ3) is 7.62. The third-order valence-electron chi connectivity index (χ3n) is 9.64. The zero-order chi connectivity index (χ0) is 37.4. The SMILES string of the molecule is CCc1ccc(OCc2cccc(COc3ccc(CC)cc3P(=O)(c3ccccc3)c3ccccc3)n2)c(P(=O)(c2ccccc2)c2ccccc2)c1. The lowest BCUT2D eigenvalue weighted by atomic mass is 10.2. The van der Waals surface area contributed by atoms with E-state index in [0.29, 0.717) is 33.5 Å². The second-order valence-corrected chi connectivity index (χ2v) is 18.5.